The number of nitrogens with zero attached hydrogens (tertiary/aromatic N) is 2. The van der Waals surface area contributed by atoms with Gasteiger partial charge in [-0.25, -0.2) is 9.97 Å². The van der Waals surface area contributed by atoms with Gasteiger partial charge in [-0.15, -0.1) is 0 Å². The lowest BCUT2D eigenvalue weighted by molar-refractivity contribution is 0.306. The molecular formula is C17H27N3. The number of fused-ring (bicyclic) bond motifs is 1. The van der Waals surface area contributed by atoms with Crippen molar-refractivity contribution in [1.29, 1.82) is 0 Å². The maximum absolute atomic E-state index is 4.95. The number of aryl methyl sites for hydroxylation is 1. The molecule has 0 aliphatic heterocycles. The van der Waals surface area contributed by atoms with Crippen LogP contribution in [-0.2, 0) is 6.42 Å². The van der Waals surface area contributed by atoms with Crippen LogP contribution in [0.2, 0.25) is 0 Å². The summed E-state index contributed by atoms with van der Waals surface area (Å²) < 4.78 is 0. The smallest absolute Gasteiger partial charge is 0.131 e. The summed E-state index contributed by atoms with van der Waals surface area (Å²) in [5, 5.41) is 3.40. The zero-order valence-corrected chi connectivity index (χ0v) is 12.9. The molecule has 3 nitrogen and oxygen atoms in total. The predicted molar refractivity (Wildman–Crippen MR) is 81.8 cm³/mol. The highest BCUT2D eigenvalue weighted by molar-refractivity contribution is 5.25. The Morgan fingerprint density at radius 1 is 1.25 bits per heavy atom. The monoisotopic (exact) mass is 273 g/mol. The van der Waals surface area contributed by atoms with Gasteiger partial charge in [0, 0.05) is 29.4 Å². The summed E-state index contributed by atoms with van der Waals surface area (Å²) in [6.45, 7) is 2.32. The van der Waals surface area contributed by atoms with E-state index < -0.39 is 0 Å². The van der Waals surface area contributed by atoms with Gasteiger partial charge in [-0.05, 0) is 45.1 Å². The van der Waals surface area contributed by atoms with Crippen LogP contribution in [0.25, 0.3) is 0 Å². The van der Waals surface area contributed by atoms with E-state index in [1.54, 1.807) is 0 Å². The first kappa shape index (κ1) is 14.0. The minimum atomic E-state index is 0.461. The second kappa shape index (κ2) is 6.21. The van der Waals surface area contributed by atoms with Gasteiger partial charge < -0.3 is 5.32 Å². The molecule has 110 valence electrons. The first-order valence-electron chi connectivity index (χ1n) is 8.34. The van der Waals surface area contributed by atoms with Gasteiger partial charge in [0.15, 0.2) is 0 Å². The van der Waals surface area contributed by atoms with E-state index >= 15 is 0 Å². The van der Waals surface area contributed by atoms with Crippen LogP contribution >= 0.6 is 0 Å². The fraction of sp³-hybridized carbons (Fsp3) is 0.765. The molecule has 3 heteroatoms. The van der Waals surface area contributed by atoms with E-state index in [-0.39, 0.29) is 0 Å². The summed E-state index contributed by atoms with van der Waals surface area (Å²) in [5.74, 6) is 2.62. The maximum atomic E-state index is 4.95. The van der Waals surface area contributed by atoms with Crippen LogP contribution in [0.1, 0.15) is 80.9 Å². The van der Waals surface area contributed by atoms with Gasteiger partial charge in [-0.1, -0.05) is 26.2 Å². The molecule has 0 saturated heterocycles. The summed E-state index contributed by atoms with van der Waals surface area (Å²) in [6, 6.07) is 0.461. The predicted octanol–water partition coefficient (Wildman–Crippen LogP) is 3.76. The molecule has 3 rings (SSSR count). The molecule has 1 fully saturated rings. The third-order valence-electron chi connectivity index (χ3n) is 5.27. The van der Waals surface area contributed by atoms with E-state index in [1.807, 2.05) is 7.05 Å². The SMILES string of the molecule is CCC1CCCC(c2ncc3c(n2)CCCC3NC)C1. The van der Waals surface area contributed by atoms with Crippen molar-refractivity contribution >= 4 is 0 Å². The molecule has 1 aromatic rings. The zero-order chi connectivity index (χ0) is 13.9. The lowest BCUT2D eigenvalue weighted by atomic mass is 9.79. The highest BCUT2D eigenvalue weighted by Gasteiger charge is 2.26. The van der Waals surface area contributed by atoms with Crippen molar-refractivity contribution in [2.45, 2.75) is 70.3 Å². The van der Waals surface area contributed by atoms with E-state index in [4.69, 9.17) is 9.97 Å². The van der Waals surface area contributed by atoms with Gasteiger partial charge in [0.2, 0.25) is 0 Å². The van der Waals surface area contributed by atoms with Crippen molar-refractivity contribution in [2.75, 3.05) is 7.05 Å². The second-order valence-corrected chi connectivity index (χ2v) is 6.50. The fourth-order valence-corrected chi connectivity index (χ4v) is 3.96. The standard InChI is InChI=1S/C17H27N3/c1-3-12-6-4-7-13(10-12)17-19-11-14-15(18-2)8-5-9-16(14)20-17/h11-13,15,18H,3-10H2,1-2H3. The first-order valence-corrected chi connectivity index (χ1v) is 8.34. The van der Waals surface area contributed by atoms with E-state index in [2.05, 4.69) is 18.4 Å². The molecular weight excluding hydrogens is 246 g/mol. The van der Waals surface area contributed by atoms with Crippen LogP contribution in [0.3, 0.4) is 0 Å². The van der Waals surface area contributed by atoms with Crippen LogP contribution < -0.4 is 5.32 Å². The molecule has 2 aliphatic carbocycles. The van der Waals surface area contributed by atoms with E-state index in [1.165, 1.54) is 56.2 Å². The van der Waals surface area contributed by atoms with Crippen LogP contribution in [0, 0.1) is 5.92 Å². The fourth-order valence-electron chi connectivity index (χ4n) is 3.96. The Kier molecular flexibility index (Phi) is 4.35. The summed E-state index contributed by atoms with van der Waals surface area (Å²) in [7, 11) is 2.04. The molecule has 0 amide bonds. The van der Waals surface area contributed by atoms with E-state index in [0.717, 1.165) is 18.2 Å². The lowest BCUT2D eigenvalue weighted by Gasteiger charge is -2.29. The first-order chi connectivity index (χ1) is 9.81. The Balaban J connectivity index is 1.81. The average molecular weight is 273 g/mol. The molecule has 0 bridgehead atoms. The molecule has 1 heterocycles. The number of hydrogen-bond acceptors (Lipinski definition) is 3. The minimum absolute atomic E-state index is 0.461. The van der Waals surface area contributed by atoms with E-state index in [0.29, 0.717) is 12.0 Å². The Morgan fingerprint density at radius 3 is 2.95 bits per heavy atom. The zero-order valence-electron chi connectivity index (χ0n) is 12.9. The summed E-state index contributed by atoms with van der Waals surface area (Å²) in [4.78, 5) is 9.68. The van der Waals surface area contributed by atoms with Gasteiger partial charge in [0.25, 0.3) is 0 Å². The molecule has 0 aromatic carbocycles. The third-order valence-corrected chi connectivity index (χ3v) is 5.27. The molecule has 1 aromatic heterocycles. The van der Waals surface area contributed by atoms with Crippen molar-refractivity contribution in [3.05, 3.63) is 23.3 Å². The van der Waals surface area contributed by atoms with Gasteiger partial charge in [0.1, 0.15) is 5.82 Å². The Hall–Kier alpha value is -0.960. The summed E-state index contributed by atoms with van der Waals surface area (Å²) >= 11 is 0. The normalized spacial score (nSPS) is 30.0. The Morgan fingerprint density at radius 2 is 2.15 bits per heavy atom. The topological polar surface area (TPSA) is 37.8 Å². The van der Waals surface area contributed by atoms with Crippen LogP contribution in [0.15, 0.2) is 6.20 Å². The van der Waals surface area contributed by atoms with Crippen molar-refractivity contribution < 1.29 is 0 Å². The van der Waals surface area contributed by atoms with Crippen LogP contribution in [-0.4, -0.2) is 17.0 Å². The van der Waals surface area contributed by atoms with Crippen molar-refractivity contribution in [1.82, 2.24) is 15.3 Å². The van der Waals surface area contributed by atoms with E-state index in [9.17, 15) is 0 Å². The number of aromatic nitrogens is 2. The van der Waals surface area contributed by atoms with Crippen molar-refractivity contribution in [3.8, 4) is 0 Å². The lowest BCUT2D eigenvalue weighted by Crippen LogP contribution is -2.24. The highest BCUT2D eigenvalue weighted by atomic mass is 14.9. The molecule has 3 unspecified atom stereocenters. The quantitative estimate of drug-likeness (QED) is 0.911. The molecule has 0 spiro atoms. The molecule has 0 radical (unpaired) electrons. The Bertz CT molecular complexity index is 458. The molecule has 20 heavy (non-hydrogen) atoms. The van der Waals surface area contributed by atoms with Gasteiger partial charge >= 0.3 is 0 Å². The van der Waals surface area contributed by atoms with Crippen LogP contribution in [0.4, 0.5) is 0 Å². The molecule has 1 saturated carbocycles. The van der Waals surface area contributed by atoms with Gasteiger partial charge in [-0.2, -0.15) is 0 Å². The van der Waals surface area contributed by atoms with Gasteiger partial charge in [-0.3, -0.25) is 0 Å². The molecule has 1 N–H and O–H groups in total. The van der Waals surface area contributed by atoms with Crippen LogP contribution in [0.5, 0.6) is 0 Å². The van der Waals surface area contributed by atoms with Crippen molar-refractivity contribution in [3.63, 3.8) is 0 Å². The third kappa shape index (κ3) is 2.73. The largest absolute Gasteiger partial charge is 0.313 e. The number of rotatable bonds is 3. The summed E-state index contributed by atoms with van der Waals surface area (Å²) in [5.41, 5.74) is 2.64. The Labute approximate surface area is 122 Å². The molecule has 3 atom stereocenters. The summed E-state index contributed by atoms with van der Waals surface area (Å²) in [6.07, 6.45) is 12.3. The second-order valence-electron chi connectivity index (χ2n) is 6.50. The molecule has 2 aliphatic rings. The van der Waals surface area contributed by atoms with Crippen molar-refractivity contribution in [2.24, 2.45) is 5.92 Å². The highest BCUT2D eigenvalue weighted by Crippen LogP contribution is 2.37. The maximum Gasteiger partial charge on any atom is 0.131 e. The minimum Gasteiger partial charge on any atom is -0.313 e. The average Bonchev–Trinajstić information content (AvgIpc) is 2.53. The number of nitrogens with one attached hydrogen (secondary N) is 1. The number of hydrogen-bond donors (Lipinski definition) is 1. The van der Waals surface area contributed by atoms with Gasteiger partial charge in [0.05, 0.1) is 0 Å².